The van der Waals surface area contributed by atoms with E-state index in [1.165, 1.54) is 0 Å². The predicted molar refractivity (Wildman–Crippen MR) is 128 cm³/mol. The predicted octanol–water partition coefficient (Wildman–Crippen LogP) is 4.23. The maximum atomic E-state index is 13.6. The van der Waals surface area contributed by atoms with Crippen molar-refractivity contribution in [3.63, 3.8) is 0 Å². The van der Waals surface area contributed by atoms with E-state index in [0.29, 0.717) is 24.5 Å². The third-order valence-corrected chi connectivity index (χ3v) is 6.20. The minimum Gasteiger partial charge on any atom is -0.378 e. The monoisotopic (exact) mass is 497 g/mol. The summed E-state index contributed by atoms with van der Waals surface area (Å²) in [6, 6.07) is 16.0. The lowest BCUT2D eigenvalue weighted by atomic mass is 10.1. The summed E-state index contributed by atoms with van der Waals surface area (Å²) in [5.74, 6) is -0.129. The van der Waals surface area contributed by atoms with Crippen molar-refractivity contribution in [2.45, 2.75) is 32.4 Å². The number of anilines is 1. The summed E-state index contributed by atoms with van der Waals surface area (Å²) in [7, 11) is 4.03. The molecule has 1 atom stereocenters. The molecule has 1 aromatic heterocycles. The summed E-state index contributed by atoms with van der Waals surface area (Å²) < 4.78 is 8.47. The second-order valence-electron chi connectivity index (χ2n) is 8.30. The van der Waals surface area contributed by atoms with Crippen molar-refractivity contribution in [2.24, 2.45) is 0 Å². The molecule has 1 unspecified atom stereocenters. The lowest BCUT2D eigenvalue weighted by Gasteiger charge is -2.25. The van der Waals surface area contributed by atoms with E-state index in [4.69, 9.17) is 4.74 Å². The maximum Gasteiger partial charge on any atom is 0.276 e. The third kappa shape index (κ3) is 5.02. The minimum absolute atomic E-state index is 0.0560. The number of carbonyl (C=O) groups is 1. The second kappa shape index (κ2) is 9.83. The van der Waals surface area contributed by atoms with Gasteiger partial charge in [-0.25, -0.2) is 4.68 Å². The molecule has 32 heavy (non-hydrogen) atoms. The van der Waals surface area contributed by atoms with Crippen LogP contribution in [0.25, 0.3) is 5.69 Å². The quantitative estimate of drug-likeness (QED) is 0.488. The SMILES string of the molecule is Cc1c(C(=O)N(Cc2ccc(N(C)C)cc2)CC2CCCO2)nnn1-c1cccc(Br)c1. The number of amides is 1. The number of hydrogen-bond donors (Lipinski definition) is 0. The van der Waals surface area contributed by atoms with Crippen LogP contribution in [0.2, 0.25) is 0 Å². The Morgan fingerprint density at radius 2 is 2.00 bits per heavy atom. The van der Waals surface area contributed by atoms with Gasteiger partial charge in [0.15, 0.2) is 5.69 Å². The van der Waals surface area contributed by atoms with Crippen LogP contribution in [-0.4, -0.2) is 59.2 Å². The number of benzene rings is 2. The fourth-order valence-corrected chi connectivity index (χ4v) is 4.29. The van der Waals surface area contributed by atoms with Crippen LogP contribution in [-0.2, 0) is 11.3 Å². The molecule has 0 bridgehead atoms. The van der Waals surface area contributed by atoms with E-state index in [2.05, 4.69) is 55.4 Å². The van der Waals surface area contributed by atoms with E-state index in [1.807, 2.05) is 50.2 Å². The van der Waals surface area contributed by atoms with Crippen molar-refractivity contribution in [1.29, 1.82) is 0 Å². The lowest BCUT2D eigenvalue weighted by molar-refractivity contribution is 0.0502. The van der Waals surface area contributed by atoms with Gasteiger partial charge in [0.1, 0.15) is 0 Å². The molecule has 1 saturated heterocycles. The first-order valence-corrected chi connectivity index (χ1v) is 11.6. The third-order valence-electron chi connectivity index (χ3n) is 5.71. The molecule has 0 radical (unpaired) electrons. The molecule has 1 fully saturated rings. The van der Waals surface area contributed by atoms with Gasteiger partial charge in [-0.1, -0.05) is 39.3 Å². The normalized spacial score (nSPS) is 15.7. The topological polar surface area (TPSA) is 63.5 Å². The highest BCUT2D eigenvalue weighted by molar-refractivity contribution is 9.10. The zero-order chi connectivity index (χ0) is 22.7. The summed E-state index contributed by atoms with van der Waals surface area (Å²) in [6.07, 6.45) is 2.05. The molecule has 168 valence electrons. The Morgan fingerprint density at radius 3 is 2.66 bits per heavy atom. The van der Waals surface area contributed by atoms with Gasteiger partial charge in [0, 0.05) is 44.0 Å². The number of ether oxygens (including phenoxy) is 1. The van der Waals surface area contributed by atoms with Crippen molar-refractivity contribution in [2.75, 3.05) is 32.1 Å². The van der Waals surface area contributed by atoms with Crippen LogP contribution < -0.4 is 4.90 Å². The average Bonchev–Trinajstić information content (AvgIpc) is 3.43. The highest BCUT2D eigenvalue weighted by Gasteiger charge is 2.27. The molecule has 7 nitrogen and oxygen atoms in total. The fraction of sp³-hybridized carbons (Fsp3) is 0.375. The van der Waals surface area contributed by atoms with E-state index in [0.717, 1.165) is 40.9 Å². The van der Waals surface area contributed by atoms with Crippen molar-refractivity contribution in [1.82, 2.24) is 19.9 Å². The zero-order valence-electron chi connectivity index (χ0n) is 18.7. The molecule has 0 N–H and O–H groups in total. The highest BCUT2D eigenvalue weighted by atomic mass is 79.9. The van der Waals surface area contributed by atoms with E-state index in [9.17, 15) is 4.79 Å². The first kappa shape index (κ1) is 22.5. The van der Waals surface area contributed by atoms with Crippen LogP contribution in [0.1, 0.15) is 34.6 Å². The van der Waals surface area contributed by atoms with Gasteiger partial charge in [-0.2, -0.15) is 0 Å². The van der Waals surface area contributed by atoms with E-state index in [-0.39, 0.29) is 12.0 Å². The Morgan fingerprint density at radius 1 is 1.22 bits per heavy atom. The Bertz CT molecular complexity index is 1070. The molecular formula is C24H28BrN5O2. The largest absolute Gasteiger partial charge is 0.378 e. The zero-order valence-corrected chi connectivity index (χ0v) is 20.2. The Balaban J connectivity index is 1.59. The standard InChI is InChI=1S/C24H28BrN5O2/c1-17-23(26-27-30(17)21-7-4-6-19(25)14-21)24(31)29(16-22-8-5-13-32-22)15-18-9-11-20(12-10-18)28(2)3/h4,6-7,9-12,14,22H,5,8,13,15-16H2,1-3H3. The van der Waals surface area contributed by atoms with Gasteiger partial charge in [-0.05, 0) is 55.7 Å². The fourth-order valence-electron chi connectivity index (χ4n) is 3.90. The van der Waals surface area contributed by atoms with Crippen molar-refractivity contribution in [3.05, 3.63) is 70.0 Å². The van der Waals surface area contributed by atoms with Crippen LogP contribution in [0.15, 0.2) is 53.0 Å². The molecule has 0 saturated carbocycles. The highest BCUT2D eigenvalue weighted by Crippen LogP contribution is 2.21. The Labute approximate surface area is 197 Å². The van der Waals surface area contributed by atoms with Gasteiger partial charge in [0.05, 0.1) is 17.5 Å². The van der Waals surface area contributed by atoms with Crippen LogP contribution in [0, 0.1) is 6.92 Å². The molecule has 3 aromatic rings. The number of aromatic nitrogens is 3. The summed E-state index contributed by atoms with van der Waals surface area (Å²) in [4.78, 5) is 17.5. The van der Waals surface area contributed by atoms with E-state index in [1.54, 1.807) is 4.68 Å². The molecule has 1 amide bonds. The van der Waals surface area contributed by atoms with Gasteiger partial charge in [0.25, 0.3) is 5.91 Å². The van der Waals surface area contributed by atoms with Crippen molar-refractivity contribution < 1.29 is 9.53 Å². The summed E-state index contributed by atoms with van der Waals surface area (Å²) in [5, 5.41) is 8.52. The molecule has 0 aliphatic carbocycles. The summed E-state index contributed by atoms with van der Waals surface area (Å²) >= 11 is 3.49. The molecule has 4 rings (SSSR count). The minimum atomic E-state index is -0.129. The molecule has 1 aliphatic heterocycles. The van der Waals surface area contributed by atoms with Gasteiger partial charge < -0.3 is 14.5 Å². The summed E-state index contributed by atoms with van der Waals surface area (Å²) in [6.45, 7) is 3.67. The van der Waals surface area contributed by atoms with Gasteiger partial charge in [-0.15, -0.1) is 5.10 Å². The van der Waals surface area contributed by atoms with Crippen LogP contribution in [0.5, 0.6) is 0 Å². The molecule has 2 heterocycles. The molecule has 1 aliphatic rings. The number of carbonyl (C=O) groups excluding carboxylic acids is 1. The molecule has 0 spiro atoms. The molecule has 8 heteroatoms. The number of rotatable bonds is 7. The average molecular weight is 498 g/mol. The molecule has 2 aromatic carbocycles. The second-order valence-corrected chi connectivity index (χ2v) is 9.21. The molecular weight excluding hydrogens is 470 g/mol. The number of nitrogens with zero attached hydrogens (tertiary/aromatic N) is 5. The van der Waals surface area contributed by atoms with Crippen LogP contribution >= 0.6 is 15.9 Å². The van der Waals surface area contributed by atoms with Crippen LogP contribution in [0.4, 0.5) is 5.69 Å². The van der Waals surface area contributed by atoms with Gasteiger partial charge in [-0.3, -0.25) is 4.79 Å². The Kier molecular flexibility index (Phi) is 6.91. The first-order chi connectivity index (χ1) is 15.4. The van der Waals surface area contributed by atoms with Crippen molar-refractivity contribution in [3.8, 4) is 5.69 Å². The Hall–Kier alpha value is -2.71. The van der Waals surface area contributed by atoms with Crippen LogP contribution in [0.3, 0.4) is 0 Å². The number of halogens is 1. The smallest absolute Gasteiger partial charge is 0.276 e. The first-order valence-electron chi connectivity index (χ1n) is 10.8. The van der Waals surface area contributed by atoms with E-state index >= 15 is 0 Å². The lowest BCUT2D eigenvalue weighted by Crippen LogP contribution is -2.37. The van der Waals surface area contributed by atoms with Crippen molar-refractivity contribution >= 4 is 27.5 Å². The maximum absolute atomic E-state index is 13.6. The number of hydrogen-bond acceptors (Lipinski definition) is 5. The summed E-state index contributed by atoms with van der Waals surface area (Å²) in [5.41, 5.74) is 4.13. The van der Waals surface area contributed by atoms with Gasteiger partial charge in [0.2, 0.25) is 0 Å². The van der Waals surface area contributed by atoms with Gasteiger partial charge >= 0.3 is 0 Å². The van der Waals surface area contributed by atoms with E-state index < -0.39 is 0 Å².